The van der Waals surface area contributed by atoms with E-state index in [1.807, 2.05) is 0 Å². The number of hydrogen-bond donors (Lipinski definition) is 1. The molecule has 0 aliphatic heterocycles. The summed E-state index contributed by atoms with van der Waals surface area (Å²) in [5.74, 6) is -0.279. The van der Waals surface area contributed by atoms with Crippen LogP contribution in [0.1, 0.15) is 33.0 Å². The molecule has 3 nitrogen and oxygen atoms in total. The van der Waals surface area contributed by atoms with E-state index in [1.165, 1.54) is 18.4 Å². The number of carbonyl (C=O) groups excluding carboxylic acids is 1. The van der Waals surface area contributed by atoms with Crippen LogP contribution < -0.4 is 0 Å². The summed E-state index contributed by atoms with van der Waals surface area (Å²) in [6.45, 7) is 0. The van der Waals surface area contributed by atoms with Crippen LogP contribution in [0.4, 0.5) is 0 Å². The smallest absolute Gasteiger partial charge is 0.351 e. The van der Waals surface area contributed by atoms with Gasteiger partial charge < -0.3 is 9.84 Å². The van der Waals surface area contributed by atoms with Gasteiger partial charge in [0.2, 0.25) is 0 Å². The van der Waals surface area contributed by atoms with Crippen LogP contribution in [0.25, 0.3) is 0 Å². The lowest BCUT2D eigenvalue weighted by atomic mass is 9.98. The van der Waals surface area contributed by atoms with Gasteiger partial charge in [-0.05, 0) is 25.7 Å². The van der Waals surface area contributed by atoms with Crippen molar-refractivity contribution in [3.63, 3.8) is 0 Å². The normalized spacial score (nSPS) is 14.9. The van der Waals surface area contributed by atoms with Crippen molar-refractivity contribution in [3.05, 3.63) is 15.3 Å². The van der Waals surface area contributed by atoms with E-state index in [-0.39, 0.29) is 5.75 Å². The minimum atomic E-state index is -0.429. The summed E-state index contributed by atoms with van der Waals surface area (Å²) in [6.07, 6.45) is 4.10. The van der Waals surface area contributed by atoms with Crippen LogP contribution in [0.5, 0.6) is 5.75 Å². The lowest BCUT2D eigenvalue weighted by Gasteiger charge is -2.09. The Bertz CT molecular complexity index is 368. The second-order valence-corrected chi connectivity index (χ2v) is 4.49. The molecule has 2 rings (SSSR count). The average molecular weight is 212 g/mol. The molecule has 76 valence electrons. The second-order valence-electron chi connectivity index (χ2n) is 3.38. The molecule has 1 aliphatic rings. The number of hydrogen-bond acceptors (Lipinski definition) is 4. The van der Waals surface area contributed by atoms with Crippen LogP contribution in [-0.2, 0) is 17.6 Å². The highest BCUT2D eigenvalue weighted by Crippen LogP contribution is 2.39. The van der Waals surface area contributed by atoms with E-state index >= 15 is 0 Å². The molecule has 1 aromatic heterocycles. The van der Waals surface area contributed by atoms with Crippen molar-refractivity contribution in [1.82, 2.24) is 0 Å². The van der Waals surface area contributed by atoms with Gasteiger partial charge in [-0.2, -0.15) is 0 Å². The first-order valence-corrected chi connectivity index (χ1v) is 5.47. The lowest BCUT2D eigenvalue weighted by Crippen LogP contribution is -1.99. The van der Waals surface area contributed by atoms with Gasteiger partial charge in [-0.25, -0.2) is 4.79 Å². The van der Waals surface area contributed by atoms with E-state index in [1.54, 1.807) is 0 Å². The molecular weight excluding hydrogens is 200 g/mol. The summed E-state index contributed by atoms with van der Waals surface area (Å²) in [6, 6.07) is 0. The van der Waals surface area contributed by atoms with Gasteiger partial charge >= 0.3 is 5.97 Å². The molecule has 0 spiro atoms. The van der Waals surface area contributed by atoms with Crippen molar-refractivity contribution in [2.75, 3.05) is 7.11 Å². The average Bonchev–Trinajstić information content (AvgIpc) is 2.56. The molecule has 1 aliphatic carbocycles. The van der Waals surface area contributed by atoms with Crippen LogP contribution in [0.15, 0.2) is 0 Å². The maximum Gasteiger partial charge on any atom is 0.351 e. The molecule has 1 N–H and O–H groups in total. The third-order valence-corrected chi connectivity index (χ3v) is 3.78. The molecule has 0 amide bonds. The zero-order valence-corrected chi connectivity index (χ0v) is 8.82. The van der Waals surface area contributed by atoms with Crippen molar-refractivity contribution in [3.8, 4) is 5.75 Å². The topological polar surface area (TPSA) is 46.5 Å². The molecule has 0 saturated carbocycles. The Morgan fingerprint density at radius 2 is 2.14 bits per heavy atom. The van der Waals surface area contributed by atoms with Gasteiger partial charge in [0.1, 0.15) is 5.75 Å². The molecule has 0 radical (unpaired) electrons. The van der Waals surface area contributed by atoms with Gasteiger partial charge in [0.05, 0.1) is 7.11 Å². The fraction of sp³-hybridized carbons (Fsp3) is 0.500. The van der Waals surface area contributed by atoms with Crippen molar-refractivity contribution in [2.45, 2.75) is 25.7 Å². The van der Waals surface area contributed by atoms with Crippen LogP contribution in [0.2, 0.25) is 0 Å². The minimum absolute atomic E-state index is 0.150. The predicted octanol–water partition coefficient (Wildman–Crippen LogP) is 2.12. The first kappa shape index (κ1) is 9.52. The van der Waals surface area contributed by atoms with Crippen LogP contribution in [-0.4, -0.2) is 18.2 Å². The number of aromatic hydroxyl groups is 1. The highest BCUT2D eigenvalue weighted by Gasteiger charge is 2.24. The van der Waals surface area contributed by atoms with Gasteiger partial charge in [0.25, 0.3) is 0 Å². The largest absolute Gasteiger partial charge is 0.506 e. The maximum atomic E-state index is 11.3. The van der Waals surface area contributed by atoms with Crippen LogP contribution >= 0.6 is 11.3 Å². The van der Waals surface area contributed by atoms with E-state index in [9.17, 15) is 9.90 Å². The molecule has 14 heavy (non-hydrogen) atoms. The molecule has 1 aromatic rings. The summed E-state index contributed by atoms with van der Waals surface area (Å²) in [7, 11) is 1.33. The first-order chi connectivity index (χ1) is 6.74. The molecule has 0 atom stereocenters. The first-order valence-electron chi connectivity index (χ1n) is 4.66. The number of aryl methyl sites for hydroxylation is 1. The van der Waals surface area contributed by atoms with Gasteiger partial charge in [-0.3, -0.25) is 0 Å². The third-order valence-electron chi connectivity index (χ3n) is 2.51. The van der Waals surface area contributed by atoms with Crippen molar-refractivity contribution >= 4 is 17.3 Å². The molecule has 0 fully saturated rings. The minimum Gasteiger partial charge on any atom is -0.506 e. The maximum absolute atomic E-state index is 11.3. The van der Waals surface area contributed by atoms with Gasteiger partial charge in [0.15, 0.2) is 4.88 Å². The monoisotopic (exact) mass is 212 g/mol. The standard InChI is InChI=1S/C10H12O3S/c1-13-10(12)9-8(11)6-4-2-3-5-7(6)14-9/h11H,2-5H2,1H3. The highest BCUT2D eigenvalue weighted by atomic mass is 32.1. The van der Waals surface area contributed by atoms with Gasteiger partial charge in [0, 0.05) is 10.4 Å². The zero-order chi connectivity index (χ0) is 10.1. The molecule has 0 unspecified atom stereocenters. The highest BCUT2D eigenvalue weighted by molar-refractivity contribution is 7.14. The Hall–Kier alpha value is -1.03. The summed E-state index contributed by atoms with van der Waals surface area (Å²) in [5, 5.41) is 9.79. The lowest BCUT2D eigenvalue weighted by molar-refractivity contribution is 0.0603. The Labute approximate surface area is 86.3 Å². The second kappa shape index (κ2) is 3.61. The SMILES string of the molecule is COC(=O)c1sc2c(c1O)CCCC2. The van der Waals surface area contributed by atoms with Crippen LogP contribution in [0, 0.1) is 0 Å². The Morgan fingerprint density at radius 3 is 2.79 bits per heavy atom. The summed E-state index contributed by atoms with van der Waals surface area (Å²) in [4.78, 5) is 12.8. The van der Waals surface area contributed by atoms with E-state index in [2.05, 4.69) is 4.74 Å². The third kappa shape index (κ3) is 1.39. The van der Waals surface area contributed by atoms with Crippen LogP contribution in [0.3, 0.4) is 0 Å². The number of thiophene rings is 1. The van der Waals surface area contributed by atoms with Crippen molar-refractivity contribution in [2.24, 2.45) is 0 Å². The summed E-state index contributed by atoms with van der Waals surface area (Å²) >= 11 is 1.37. The zero-order valence-electron chi connectivity index (χ0n) is 8.00. The van der Waals surface area contributed by atoms with E-state index < -0.39 is 5.97 Å². The predicted molar refractivity (Wildman–Crippen MR) is 54.0 cm³/mol. The number of ether oxygens (including phenoxy) is 1. The van der Waals surface area contributed by atoms with Crippen molar-refractivity contribution < 1.29 is 14.6 Å². The van der Waals surface area contributed by atoms with Gasteiger partial charge in [-0.15, -0.1) is 11.3 Å². The van der Waals surface area contributed by atoms with Gasteiger partial charge in [-0.1, -0.05) is 0 Å². The quantitative estimate of drug-likeness (QED) is 0.725. The summed E-state index contributed by atoms with van der Waals surface area (Å²) < 4.78 is 4.61. The van der Waals surface area contributed by atoms with E-state index in [0.717, 1.165) is 36.1 Å². The Morgan fingerprint density at radius 1 is 1.43 bits per heavy atom. The Kier molecular flexibility index (Phi) is 2.46. The molecular formula is C10H12O3S. The number of carbonyl (C=O) groups is 1. The Balaban J connectivity index is 2.43. The van der Waals surface area contributed by atoms with E-state index in [4.69, 9.17) is 0 Å². The molecule has 0 saturated heterocycles. The fourth-order valence-corrected chi connectivity index (χ4v) is 2.98. The molecule has 0 bridgehead atoms. The molecule has 4 heteroatoms. The van der Waals surface area contributed by atoms with Crippen molar-refractivity contribution in [1.29, 1.82) is 0 Å². The van der Waals surface area contributed by atoms with E-state index in [0.29, 0.717) is 4.88 Å². The molecule has 1 heterocycles. The number of methoxy groups -OCH3 is 1. The summed E-state index contributed by atoms with van der Waals surface area (Å²) in [5.41, 5.74) is 0.960. The number of fused-ring (bicyclic) bond motifs is 1. The molecule has 0 aromatic carbocycles. The number of rotatable bonds is 1. The fourth-order valence-electron chi connectivity index (χ4n) is 1.78. The number of esters is 1.